The molecular weight excluding hydrogens is 232 g/mol. The third-order valence-electron chi connectivity index (χ3n) is 3.60. The number of carbonyl (C=O) groups excluding carboxylic acids is 3. The van der Waals surface area contributed by atoms with E-state index in [-0.39, 0.29) is 0 Å². The smallest absolute Gasteiger partial charge is 0.277 e. The van der Waals surface area contributed by atoms with E-state index in [1.165, 1.54) is 0 Å². The van der Waals surface area contributed by atoms with Crippen LogP contribution in [0.1, 0.15) is 40.0 Å². The summed E-state index contributed by atoms with van der Waals surface area (Å²) in [5, 5.41) is 2.23. The fraction of sp³-hybridized carbons (Fsp3) is 0.615. The Kier molecular flexibility index (Phi) is 4.12. The van der Waals surface area contributed by atoms with Gasteiger partial charge in [0.2, 0.25) is 11.8 Å². The lowest BCUT2D eigenvalue weighted by Crippen LogP contribution is -2.65. The highest BCUT2D eigenvalue weighted by Crippen LogP contribution is 2.33. The Morgan fingerprint density at radius 2 is 1.83 bits per heavy atom. The van der Waals surface area contributed by atoms with Crippen LogP contribution in [0.2, 0.25) is 0 Å². The van der Waals surface area contributed by atoms with Crippen molar-refractivity contribution in [2.75, 3.05) is 0 Å². The summed E-state index contributed by atoms with van der Waals surface area (Å²) in [4.78, 5) is 37.1. The lowest BCUT2D eigenvalue weighted by Gasteiger charge is -2.40. The number of nitrogens with one attached hydrogen (secondary N) is 1. The molecule has 5 heteroatoms. The Hall–Kier alpha value is -1.83. The van der Waals surface area contributed by atoms with Crippen LogP contribution in [0.15, 0.2) is 0 Å². The SMILES string of the molecule is C#CC(CC)N1C(=O)NC(=O)C(CC)(CC)C1=O. The molecule has 1 fully saturated rings. The zero-order chi connectivity index (χ0) is 13.9. The predicted molar refractivity (Wildman–Crippen MR) is 66.3 cm³/mol. The second-order valence-corrected chi connectivity index (χ2v) is 4.31. The number of barbiturate groups is 1. The van der Waals surface area contributed by atoms with Gasteiger partial charge >= 0.3 is 6.03 Å². The van der Waals surface area contributed by atoms with Gasteiger partial charge in [-0.3, -0.25) is 14.9 Å². The Labute approximate surface area is 107 Å². The molecule has 1 saturated heterocycles. The average Bonchev–Trinajstić information content (AvgIpc) is 2.36. The maximum Gasteiger partial charge on any atom is 0.331 e. The summed E-state index contributed by atoms with van der Waals surface area (Å²) in [6.07, 6.45) is 6.49. The van der Waals surface area contributed by atoms with Crippen LogP contribution >= 0.6 is 0 Å². The van der Waals surface area contributed by atoms with E-state index in [0.29, 0.717) is 19.3 Å². The minimum Gasteiger partial charge on any atom is -0.277 e. The molecule has 0 saturated carbocycles. The van der Waals surface area contributed by atoms with Crippen LogP contribution in [0.3, 0.4) is 0 Å². The monoisotopic (exact) mass is 250 g/mol. The van der Waals surface area contributed by atoms with Gasteiger partial charge in [-0.05, 0) is 19.3 Å². The standard InChI is InChI=1S/C13H18N2O3/c1-5-9(6-2)15-11(17)13(7-3,8-4)10(16)14-12(15)18/h1,9H,6-8H2,2-4H3,(H,14,16,18). The molecule has 0 radical (unpaired) electrons. The second-order valence-electron chi connectivity index (χ2n) is 4.31. The quantitative estimate of drug-likeness (QED) is 0.604. The van der Waals surface area contributed by atoms with Gasteiger partial charge in [0.05, 0.1) is 0 Å². The summed E-state index contributed by atoms with van der Waals surface area (Å²) < 4.78 is 0. The normalized spacial score (nSPS) is 20.3. The zero-order valence-electron chi connectivity index (χ0n) is 10.9. The van der Waals surface area contributed by atoms with E-state index in [9.17, 15) is 14.4 Å². The number of urea groups is 1. The van der Waals surface area contributed by atoms with Gasteiger partial charge in [0.25, 0.3) is 0 Å². The van der Waals surface area contributed by atoms with E-state index in [1.807, 2.05) is 0 Å². The zero-order valence-corrected chi connectivity index (χ0v) is 10.9. The minimum atomic E-state index is -1.17. The molecule has 0 bridgehead atoms. The third-order valence-corrected chi connectivity index (χ3v) is 3.60. The summed E-state index contributed by atoms with van der Waals surface area (Å²) in [6, 6.07) is -1.32. The summed E-state index contributed by atoms with van der Waals surface area (Å²) in [7, 11) is 0. The molecule has 5 nitrogen and oxygen atoms in total. The number of terminal acetylenes is 1. The molecule has 0 aromatic heterocycles. The second kappa shape index (κ2) is 5.21. The Morgan fingerprint density at radius 3 is 2.22 bits per heavy atom. The fourth-order valence-corrected chi connectivity index (χ4v) is 2.23. The van der Waals surface area contributed by atoms with E-state index < -0.39 is 29.3 Å². The molecule has 4 amide bonds. The molecule has 0 spiro atoms. The van der Waals surface area contributed by atoms with Crippen LogP contribution in [0.4, 0.5) is 4.79 Å². The average molecular weight is 250 g/mol. The Morgan fingerprint density at radius 1 is 1.28 bits per heavy atom. The number of hydrogen-bond acceptors (Lipinski definition) is 3. The first-order valence-electron chi connectivity index (χ1n) is 6.13. The van der Waals surface area contributed by atoms with Crippen LogP contribution in [0, 0.1) is 17.8 Å². The summed E-state index contributed by atoms with van der Waals surface area (Å²) in [5.74, 6) is 1.41. The highest BCUT2D eigenvalue weighted by Gasteiger charge is 2.52. The molecule has 1 rings (SSSR count). The molecule has 0 aromatic rings. The lowest BCUT2D eigenvalue weighted by molar-refractivity contribution is -0.152. The fourth-order valence-electron chi connectivity index (χ4n) is 2.23. The van der Waals surface area contributed by atoms with E-state index in [0.717, 1.165) is 4.90 Å². The summed E-state index contributed by atoms with van der Waals surface area (Å²) in [5.41, 5.74) is -1.17. The van der Waals surface area contributed by atoms with Crippen LogP contribution in [-0.4, -0.2) is 28.8 Å². The molecule has 1 N–H and O–H groups in total. The number of amides is 4. The molecule has 1 unspecified atom stereocenters. The van der Waals surface area contributed by atoms with Crippen LogP contribution in [0.5, 0.6) is 0 Å². The van der Waals surface area contributed by atoms with Crippen molar-refractivity contribution >= 4 is 17.8 Å². The molecule has 0 aromatic carbocycles. The minimum absolute atomic E-state index is 0.346. The van der Waals surface area contributed by atoms with Crippen molar-refractivity contribution < 1.29 is 14.4 Å². The summed E-state index contributed by atoms with van der Waals surface area (Å²) >= 11 is 0. The maximum atomic E-state index is 12.4. The topological polar surface area (TPSA) is 66.5 Å². The molecule has 0 aliphatic carbocycles. The van der Waals surface area contributed by atoms with Gasteiger partial charge in [0.15, 0.2) is 0 Å². The van der Waals surface area contributed by atoms with Gasteiger partial charge in [-0.15, -0.1) is 6.42 Å². The van der Waals surface area contributed by atoms with Crippen molar-refractivity contribution in [1.29, 1.82) is 0 Å². The molecule has 1 aliphatic heterocycles. The number of imide groups is 2. The van der Waals surface area contributed by atoms with Crippen LogP contribution < -0.4 is 5.32 Å². The van der Waals surface area contributed by atoms with Crippen molar-refractivity contribution in [3.8, 4) is 12.3 Å². The third kappa shape index (κ3) is 1.88. The van der Waals surface area contributed by atoms with E-state index in [4.69, 9.17) is 6.42 Å². The van der Waals surface area contributed by atoms with Gasteiger partial charge in [-0.25, -0.2) is 9.69 Å². The molecule has 1 aliphatic rings. The highest BCUT2D eigenvalue weighted by molar-refractivity contribution is 6.19. The number of nitrogens with zero attached hydrogens (tertiary/aromatic N) is 1. The van der Waals surface area contributed by atoms with Gasteiger partial charge in [-0.2, -0.15) is 0 Å². The van der Waals surface area contributed by atoms with Crippen molar-refractivity contribution in [1.82, 2.24) is 10.2 Å². The first kappa shape index (κ1) is 14.2. The first-order chi connectivity index (χ1) is 8.48. The lowest BCUT2D eigenvalue weighted by atomic mass is 9.78. The number of carbonyl (C=O) groups is 3. The van der Waals surface area contributed by atoms with Crippen molar-refractivity contribution in [3.05, 3.63) is 0 Å². The Bertz CT molecular complexity index is 418. The predicted octanol–water partition coefficient (Wildman–Crippen LogP) is 1.28. The molecular formula is C13H18N2O3. The molecule has 98 valence electrons. The largest absolute Gasteiger partial charge is 0.331 e. The van der Waals surface area contributed by atoms with E-state index in [1.54, 1.807) is 20.8 Å². The van der Waals surface area contributed by atoms with Crippen LogP contribution in [0.25, 0.3) is 0 Å². The highest BCUT2D eigenvalue weighted by atomic mass is 16.2. The Balaban J connectivity index is 3.23. The number of hydrogen-bond donors (Lipinski definition) is 1. The molecule has 18 heavy (non-hydrogen) atoms. The van der Waals surface area contributed by atoms with Gasteiger partial charge < -0.3 is 0 Å². The van der Waals surface area contributed by atoms with Gasteiger partial charge in [0, 0.05) is 0 Å². The van der Waals surface area contributed by atoms with Crippen molar-refractivity contribution in [2.45, 2.75) is 46.1 Å². The molecule has 1 heterocycles. The van der Waals surface area contributed by atoms with Gasteiger partial charge in [-0.1, -0.05) is 26.7 Å². The van der Waals surface area contributed by atoms with Crippen molar-refractivity contribution in [2.24, 2.45) is 5.41 Å². The van der Waals surface area contributed by atoms with Crippen LogP contribution in [-0.2, 0) is 9.59 Å². The number of rotatable bonds is 4. The first-order valence-corrected chi connectivity index (χ1v) is 6.13. The van der Waals surface area contributed by atoms with E-state index >= 15 is 0 Å². The summed E-state index contributed by atoms with van der Waals surface area (Å²) in [6.45, 7) is 5.30. The van der Waals surface area contributed by atoms with Gasteiger partial charge in [0.1, 0.15) is 11.5 Å². The van der Waals surface area contributed by atoms with E-state index in [2.05, 4.69) is 11.2 Å². The van der Waals surface area contributed by atoms with Crippen molar-refractivity contribution in [3.63, 3.8) is 0 Å². The maximum absolute atomic E-state index is 12.4. The molecule has 1 atom stereocenters.